The number of methoxy groups -OCH3 is 2. The molecule has 7 heteroatoms. The highest BCUT2D eigenvalue weighted by Gasteiger charge is 2.08. The number of hydrogen-bond acceptors (Lipinski definition) is 5. The van der Waals surface area contributed by atoms with Gasteiger partial charge in [0.15, 0.2) is 0 Å². The third-order valence-electron chi connectivity index (χ3n) is 3.75. The standard InChI is InChI=1S/C20H25N3O4/c1-4-6-19(24)22-14-7-5-8-15(11-14)23-20(25)13-21-17-12-16(26-2)9-10-18(17)27-3/h5,7-12,21H,4,6,13H2,1-3H3,(H,22,24)(H,23,25). The van der Waals surface area contributed by atoms with Crippen LogP contribution in [0.1, 0.15) is 19.8 Å². The zero-order valence-corrected chi connectivity index (χ0v) is 15.8. The van der Waals surface area contributed by atoms with Crippen LogP contribution < -0.4 is 25.4 Å². The van der Waals surface area contributed by atoms with E-state index in [9.17, 15) is 9.59 Å². The van der Waals surface area contributed by atoms with Gasteiger partial charge in [0.2, 0.25) is 11.8 Å². The third kappa shape index (κ3) is 6.22. The number of hydrogen-bond donors (Lipinski definition) is 3. The van der Waals surface area contributed by atoms with E-state index in [1.165, 1.54) is 0 Å². The van der Waals surface area contributed by atoms with Crippen LogP contribution in [-0.4, -0.2) is 32.6 Å². The lowest BCUT2D eigenvalue weighted by molar-refractivity contribution is -0.116. The van der Waals surface area contributed by atoms with Gasteiger partial charge in [-0.2, -0.15) is 0 Å². The van der Waals surface area contributed by atoms with E-state index >= 15 is 0 Å². The molecule has 0 bridgehead atoms. The zero-order chi connectivity index (χ0) is 19.6. The molecule has 0 aliphatic heterocycles. The van der Waals surface area contributed by atoms with Gasteiger partial charge < -0.3 is 25.4 Å². The van der Waals surface area contributed by atoms with E-state index in [1.54, 1.807) is 56.7 Å². The van der Waals surface area contributed by atoms with E-state index in [0.717, 1.165) is 6.42 Å². The maximum Gasteiger partial charge on any atom is 0.243 e. The molecule has 2 amide bonds. The predicted molar refractivity (Wildman–Crippen MR) is 107 cm³/mol. The van der Waals surface area contributed by atoms with Crippen LogP contribution in [0.25, 0.3) is 0 Å². The quantitative estimate of drug-likeness (QED) is 0.628. The number of carbonyl (C=O) groups excluding carboxylic acids is 2. The summed E-state index contributed by atoms with van der Waals surface area (Å²) in [5.74, 6) is 1.00. The summed E-state index contributed by atoms with van der Waals surface area (Å²) in [5, 5.41) is 8.64. The summed E-state index contributed by atoms with van der Waals surface area (Å²) in [5.41, 5.74) is 1.91. The second-order valence-electron chi connectivity index (χ2n) is 5.85. The van der Waals surface area contributed by atoms with Crippen molar-refractivity contribution in [1.29, 1.82) is 0 Å². The highest BCUT2D eigenvalue weighted by molar-refractivity contribution is 5.95. The fraction of sp³-hybridized carbons (Fsp3) is 0.300. The maximum atomic E-state index is 12.2. The van der Waals surface area contributed by atoms with Crippen LogP contribution in [0.5, 0.6) is 11.5 Å². The topological polar surface area (TPSA) is 88.7 Å². The first-order chi connectivity index (χ1) is 13.0. The van der Waals surface area contributed by atoms with Gasteiger partial charge in [0.1, 0.15) is 11.5 Å². The number of rotatable bonds is 9. The molecule has 0 heterocycles. The molecule has 2 aromatic carbocycles. The molecule has 3 N–H and O–H groups in total. The SMILES string of the molecule is CCCC(=O)Nc1cccc(NC(=O)CNc2cc(OC)ccc2OC)c1. The zero-order valence-electron chi connectivity index (χ0n) is 15.8. The summed E-state index contributed by atoms with van der Waals surface area (Å²) >= 11 is 0. The Hall–Kier alpha value is -3.22. The Balaban J connectivity index is 1.95. The van der Waals surface area contributed by atoms with Gasteiger partial charge in [0.05, 0.1) is 26.5 Å². The average Bonchev–Trinajstić information content (AvgIpc) is 2.66. The molecule has 144 valence electrons. The Bertz CT molecular complexity index is 793. The summed E-state index contributed by atoms with van der Waals surface area (Å²) in [4.78, 5) is 23.9. The van der Waals surface area contributed by atoms with Crippen molar-refractivity contribution in [2.45, 2.75) is 19.8 Å². The van der Waals surface area contributed by atoms with Crippen LogP contribution >= 0.6 is 0 Å². The number of anilines is 3. The molecule has 0 fully saturated rings. The van der Waals surface area contributed by atoms with Gasteiger partial charge in [-0.25, -0.2) is 0 Å². The summed E-state index contributed by atoms with van der Waals surface area (Å²) in [6.07, 6.45) is 1.24. The summed E-state index contributed by atoms with van der Waals surface area (Å²) in [6, 6.07) is 12.3. The Morgan fingerprint density at radius 1 is 0.926 bits per heavy atom. The second kappa shape index (κ2) is 10.1. The lowest BCUT2D eigenvalue weighted by atomic mass is 10.2. The molecule has 0 saturated carbocycles. The molecule has 2 rings (SSSR count). The Kier molecular flexibility index (Phi) is 7.49. The molecule has 0 aliphatic carbocycles. The minimum atomic E-state index is -0.225. The highest BCUT2D eigenvalue weighted by atomic mass is 16.5. The number of benzene rings is 2. The highest BCUT2D eigenvalue weighted by Crippen LogP contribution is 2.28. The van der Waals surface area contributed by atoms with E-state index in [0.29, 0.717) is 35.0 Å². The Morgan fingerprint density at radius 3 is 2.26 bits per heavy atom. The lowest BCUT2D eigenvalue weighted by Crippen LogP contribution is -2.22. The van der Waals surface area contributed by atoms with E-state index in [-0.39, 0.29) is 18.4 Å². The first kappa shape index (κ1) is 20.1. The van der Waals surface area contributed by atoms with Crippen LogP contribution in [-0.2, 0) is 9.59 Å². The molecule has 2 aromatic rings. The van der Waals surface area contributed by atoms with Gasteiger partial charge in [0, 0.05) is 23.9 Å². The van der Waals surface area contributed by atoms with Crippen molar-refractivity contribution in [3.05, 3.63) is 42.5 Å². The molecule has 0 unspecified atom stereocenters. The van der Waals surface area contributed by atoms with Crippen LogP contribution in [0.15, 0.2) is 42.5 Å². The predicted octanol–water partition coefficient (Wildman–Crippen LogP) is 3.49. The fourth-order valence-corrected chi connectivity index (χ4v) is 2.46. The molecule has 0 spiro atoms. The molecule has 0 aromatic heterocycles. The number of amides is 2. The molecule has 0 saturated heterocycles. The van der Waals surface area contributed by atoms with Crippen LogP contribution in [0.4, 0.5) is 17.1 Å². The molecular formula is C20H25N3O4. The number of carbonyl (C=O) groups is 2. The Morgan fingerprint density at radius 2 is 1.63 bits per heavy atom. The maximum absolute atomic E-state index is 12.2. The van der Waals surface area contributed by atoms with Gasteiger partial charge in [-0.3, -0.25) is 9.59 Å². The van der Waals surface area contributed by atoms with Gasteiger partial charge in [0.25, 0.3) is 0 Å². The van der Waals surface area contributed by atoms with Crippen LogP contribution in [0.3, 0.4) is 0 Å². The minimum Gasteiger partial charge on any atom is -0.497 e. The van der Waals surface area contributed by atoms with E-state index in [2.05, 4.69) is 16.0 Å². The van der Waals surface area contributed by atoms with Gasteiger partial charge in [-0.1, -0.05) is 13.0 Å². The summed E-state index contributed by atoms with van der Waals surface area (Å²) < 4.78 is 10.5. The van der Waals surface area contributed by atoms with Gasteiger partial charge >= 0.3 is 0 Å². The van der Waals surface area contributed by atoms with Gasteiger partial charge in [-0.05, 0) is 36.8 Å². The molecular weight excluding hydrogens is 346 g/mol. The number of nitrogens with one attached hydrogen (secondary N) is 3. The van der Waals surface area contributed by atoms with E-state index in [4.69, 9.17) is 9.47 Å². The average molecular weight is 371 g/mol. The van der Waals surface area contributed by atoms with Crippen molar-refractivity contribution in [2.75, 3.05) is 36.7 Å². The smallest absolute Gasteiger partial charge is 0.243 e. The third-order valence-corrected chi connectivity index (χ3v) is 3.75. The van der Waals surface area contributed by atoms with Crippen LogP contribution in [0, 0.1) is 0 Å². The largest absolute Gasteiger partial charge is 0.497 e. The van der Waals surface area contributed by atoms with E-state index in [1.807, 2.05) is 6.92 Å². The first-order valence-electron chi connectivity index (χ1n) is 8.71. The van der Waals surface area contributed by atoms with Crippen molar-refractivity contribution in [3.63, 3.8) is 0 Å². The molecule has 7 nitrogen and oxygen atoms in total. The molecule has 27 heavy (non-hydrogen) atoms. The monoisotopic (exact) mass is 371 g/mol. The van der Waals surface area contributed by atoms with Crippen molar-refractivity contribution in [3.8, 4) is 11.5 Å². The fourth-order valence-electron chi connectivity index (χ4n) is 2.46. The van der Waals surface area contributed by atoms with Crippen molar-refractivity contribution >= 4 is 28.9 Å². The number of ether oxygens (including phenoxy) is 2. The normalized spacial score (nSPS) is 10.0. The molecule has 0 atom stereocenters. The molecule has 0 aliphatic rings. The van der Waals surface area contributed by atoms with Crippen molar-refractivity contribution < 1.29 is 19.1 Å². The lowest BCUT2D eigenvalue weighted by Gasteiger charge is -2.13. The molecule has 0 radical (unpaired) electrons. The Labute approximate surface area is 159 Å². The minimum absolute atomic E-state index is 0.0484. The van der Waals surface area contributed by atoms with Crippen molar-refractivity contribution in [2.24, 2.45) is 0 Å². The first-order valence-corrected chi connectivity index (χ1v) is 8.71. The second-order valence-corrected chi connectivity index (χ2v) is 5.85. The summed E-state index contributed by atoms with van der Waals surface area (Å²) in [6.45, 7) is 2.00. The van der Waals surface area contributed by atoms with Crippen molar-refractivity contribution in [1.82, 2.24) is 0 Å². The van der Waals surface area contributed by atoms with Gasteiger partial charge in [-0.15, -0.1) is 0 Å². The summed E-state index contributed by atoms with van der Waals surface area (Å²) in [7, 11) is 3.13. The van der Waals surface area contributed by atoms with Crippen LogP contribution in [0.2, 0.25) is 0 Å². The van der Waals surface area contributed by atoms with E-state index < -0.39 is 0 Å².